The molecule has 0 aliphatic heterocycles. The lowest BCUT2D eigenvalue weighted by atomic mass is 9.79. The Bertz CT molecular complexity index is 1240. The average Bonchev–Trinajstić information content (AvgIpc) is 2.97. The molecule has 4 N–H and O–H groups in total. The highest BCUT2D eigenvalue weighted by atomic mass is 19.4. The van der Waals surface area contributed by atoms with E-state index in [2.05, 4.69) is 0 Å². The third-order valence-electron chi connectivity index (χ3n) is 7.67. The van der Waals surface area contributed by atoms with Crippen LogP contribution in [-0.2, 0) is 14.3 Å². The van der Waals surface area contributed by atoms with E-state index in [9.17, 15) is 31.5 Å². The highest BCUT2D eigenvalue weighted by Gasteiger charge is 2.44. The number of ether oxygens (including phenoxy) is 3. The Morgan fingerprint density at radius 3 is 2.00 bits per heavy atom. The molecule has 248 valence electrons. The first-order valence-corrected chi connectivity index (χ1v) is 15.2. The number of esters is 2. The van der Waals surface area contributed by atoms with Gasteiger partial charge in [-0.1, -0.05) is 18.6 Å². The molecule has 3 rings (SSSR count). The number of carbonyl (C=O) groups excluding carboxylic acids is 2. The Labute approximate surface area is 260 Å². The Hall–Kier alpha value is -3.83. The lowest BCUT2D eigenvalue weighted by molar-refractivity contribution is -0.223. The summed E-state index contributed by atoms with van der Waals surface area (Å²) in [6, 6.07) is 10.4. The van der Waals surface area contributed by atoms with Crippen LogP contribution in [0.15, 0.2) is 48.5 Å². The summed E-state index contributed by atoms with van der Waals surface area (Å²) in [6.45, 7) is 0.471. The van der Waals surface area contributed by atoms with Gasteiger partial charge in [-0.2, -0.15) is 22.0 Å². The number of hydrogen-bond donors (Lipinski definition) is 2. The molecule has 0 spiro atoms. The molecule has 2 aromatic rings. The van der Waals surface area contributed by atoms with E-state index < -0.39 is 36.6 Å². The maximum Gasteiger partial charge on any atom is 0.400 e. The SMILES string of the molecule is Nc1cc(N)cc(C(=O)OCCCCCCOC(=O)/C=C/c2ccc(OC(F)(F)C3CCC(CCCC(F)(F)F)CC3)cc2)c1. The number of carbonyl (C=O) groups is 2. The maximum atomic E-state index is 14.8. The number of nitrogens with two attached hydrogens (primary N) is 2. The quantitative estimate of drug-likeness (QED) is 0.0623. The minimum atomic E-state index is -4.19. The van der Waals surface area contributed by atoms with Crippen molar-refractivity contribution in [2.24, 2.45) is 11.8 Å². The number of unbranched alkanes of at least 4 members (excludes halogenated alkanes) is 3. The molecule has 0 bridgehead atoms. The summed E-state index contributed by atoms with van der Waals surface area (Å²) in [5, 5.41) is 0. The van der Waals surface area contributed by atoms with Crippen molar-refractivity contribution in [2.75, 3.05) is 24.7 Å². The fourth-order valence-corrected chi connectivity index (χ4v) is 5.25. The van der Waals surface area contributed by atoms with E-state index in [0.717, 1.165) is 12.8 Å². The lowest BCUT2D eigenvalue weighted by Crippen LogP contribution is -2.37. The van der Waals surface area contributed by atoms with Gasteiger partial charge < -0.3 is 25.7 Å². The predicted octanol–water partition coefficient (Wildman–Crippen LogP) is 8.34. The van der Waals surface area contributed by atoms with E-state index in [1.807, 2.05) is 0 Å². The Morgan fingerprint density at radius 1 is 0.800 bits per heavy atom. The van der Waals surface area contributed by atoms with Gasteiger partial charge in [-0.15, -0.1) is 0 Å². The summed E-state index contributed by atoms with van der Waals surface area (Å²) in [6.07, 6.45) is -1.09. The molecule has 1 aliphatic rings. The second kappa shape index (κ2) is 17.0. The second-order valence-electron chi connectivity index (χ2n) is 11.4. The predicted molar refractivity (Wildman–Crippen MR) is 161 cm³/mol. The van der Waals surface area contributed by atoms with Crippen LogP contribution in [0.1, 0.15) is 86.6 Å². The van der Waals surface area contributed by atoms with Crippen LogP contribution in [-0.4, -0.2) is 37.4 Å². The Balaban J connectivity index is 1.27. The van der Waals surface area contributed by atoms with Gasteiger partial charge >= 0.3 is 24.2 Å². The molecule has 1 aliphatic carbocycles. The van der Waals surface area contributed by atoms with Gasteiger partial charge in [-0.25, -0.2) is 9.59 Å². The van der Waals surface area contributed by atoms with Crippen LogP contribution in [0.2, 0.25) is 0 Å². The van der Waals surface area contributed by atoms with Crippen molar-refractivity contribution in [3.05, 3.63) is 59.7 Å². The monoisotopic (exact) mass is 640 g/mol. The topological polar surface area (TPSA) is 114 Å². The van der Waals surface area contributed by atoms with Gasteiger partial charge in [0.2, 0.25) is 0 Å². The molecular formula is C33H41F5N2O5. The van der Waals surface area contributed by atoms with E-state index in [1.54, 1.807) is 18.2 Å². The standard InChI is InChI=1S/C33H41F5N2O5/c34-32(35,36)17-5-6-23-7-12-26(13-8-23)33(37,38)45-29-14-9-24(10-15-29)11-16-30(41)43-18-3-1-2-4-19-44-31(42)25-20-27(39)22-28(40)21-25/h9-11,14-16,20-23,26H,1-8,12-13,17-19,39-40H2/b16-11+. The first-order chi connectivity index (χ1) is 21.3. The minimum Gasteiger partial charge on any atom is -0.463 e. The summed E-state index contributed by atoms with van der Waals surface area (Å²) in [4.78, 5) is 24.1. The maximum absolute atomic E-state index is 14.8. The van der Waals surface area contributed by atoms with Gasteiger partial charge in [0.15, 0.2) is 0 Å². The van der Waals surface area contributed by atoms with Gasteiger partial charge in [0.05, 0.1) is 24.7 Å². The number of benzene rings is 2. The fourth-order valence-electron chi connectivity index (χ4n) is 5.25. The second-order valence-corrected chi connectivity index (χ2v) is 11.4. The largest absolute Gasteiger partial charge is 0.463 e. The van der Waals surface area contributed by atoms with Gasteiger partial charge in [0.25, 0.3) is 0 Å². The molecule has 7 nitrogen and oxygen atoms in total. The number of halogens is 5. The zero-order valence-corrected chi connectivity index (χ0v) is 25.1. The number of nitrogen functional groups attached to an aromatic ring is 2. The van der Waals surface area contributed by atoms with Crippen molar-refractivity contribution in [2.45, 2.75) is 82.9 Å². The summed E-state index contributed by atoms with van der Waals surface area (Å²) in [5.74, 6) is -2.01. The molecule has 0 aromatic heterocycles. The molecule has 0 atom stereocenters. The molecule has 0 saturated heterocycles. The highest BCUT2D eigenvalue weighted by molar-refractivity contribution is 5.91. The van der Waals surface area contributed by atoms with Crippen molar-refractivity contribution in [3.63, 3.8) is 0 Å². The van der Waals surface area contributed by atoms with Crippen molar-refractivity contribution in [1.82, 2.24) is 0 Å². The Morgan fingerprint density at radius 2 is 1.40 bits per heavy atom. The van der Waals surface area contributed by atoms with Crippen LogP contribution < -0.4 is 16.2 Å². The van der Waals surface area contributed by atoms with E-state index in [0.29, 0.717) is 54.6 Å². The van der Waals surface area contributed by atoms with Crippen LogP contribution in [0.5, 0.6) is 5.75 Å². The van der Waals surface area contributed by atoms with Gasteiger partial charge in [0, 0.05) is 23.9 Å². The van der Waals surface area contributed by atoms with Crippen LogP contribution in [0.3, 0.4) is 0 Å². The molecule has 45 heavy (non-hydrogen) atoms. The molecule has 1 saturated carbocycles. The summed E-state index contributed by atoms with van der Waals surface area (Å²) in [7, 11) is 0. The van der Waals surface area contributed by atoms with Crippen molar-refractivity contribution in [1.29, 1.82) is 0 Å². The zero-order valence-electron chi connectivity index (χ0n) is 25.1. The third kappa shape index (κ3) is 13.4. The normalized spacial score (nSPS) is 17.3. The van der Waals surface area contributed by atoms with E-state index in [-0.39, 0.29) is 44.1 Å². The number of anilines is 2. The summed E-state index contributed by atoms with van der Waals surface area (Å²) < 4.78 is 82.0. The number of hydrogen-bond acceptors (Lipinski definition) is 7. The molecular weight excluding hydrogens is 599 g/mol. The third-order valence-corrected chi connectivity index (χ3v) is 7.67. The van der Waals surface area contributed by atoms with Crippen LogP contribution >= 0.6 is 0 Å². The summed E-state index contributed by atoms with van der Waals surface area (Å²) in [5.41, 5.74) is 13.0. The van der Waals surface area contributed by atoms with Crippen LogP contribution in [0, 0.1) is 11.8 Å². The number of alkyl halides is 5. The molecule has 0 unspecified atom stereocenters. The molecule has 0 radical (unpaired) electrons. The Kier molecular flexibility index (Phi) is 13.5. The molecule has 2 aromatic carbocycles. The van der Waals surface area contributed by atoms with Gasteiger partial charge in [-0.05, 0) is 106 Å². The van der Waals surface area contributed by atoms with Crippen LogP contribution in [0.25, 0.3) is 6.08 Å². The number of rotatable bonds is 16. The van der Waals surface area contributed by atoms with Crippen molar-refractivity contribution >= 4 is 29.4 Å². The van der Waals surface area contributed by atoms with Crippen molar-refractivity contribution < 1.29 is 45.8 Å². The minimum absolute atomic E-state index is 0.0174. The van der Waals surface area contributed by atoms with E-state index in [1.165, 1.54) is 36.4 Å². The highest BCUT2D eigenvalue weighted by Crippen LogP contribution is 2.41. The average molecular weight is 641 g/mol. The van der Waals surface area contributed by atoms with Crippen molar-refractivity contribution in [3.8, 4) is 5.75 Å². The molecule has 0 heterocycles. The zero-order chi connectivity index (χ0) is 32.9. The summed E-state index contributed by atoms with van der Waals surface area (Å²) >= 11 is 0. The van der Waals surface area contributed by atoms with Crippen LogP contribution in [0.4, 0.5) is 33.3 Å². The first kappa shape index (κ1) is 35.6. The smallest absolute Gasteiger partial charge is 0.400 e. The van der Waals surface area contributed by atoms with Gasteiger partial charge in [0.1, 0.15) is 5.75 Å². The lowest BCUT2D eigenvalue weighted by Gasteiger charge is -2.33. The molecule has 1 fully saturated rings. The fraction of sp³-hybridized carbons (Fsp3) is 0.515. The van der Waals surface area contributed by atoms with E-state index in [4.69, 9.17) is 25.7 Å². The molecule has 0 amide bonds. The molecule has 12 heteroatoms. The first-order valence-electron chi connectivity index (χ1n) is 15.2. The van der Waals surface area contributed by atoms with Gasteiger partial charge in [-0.3, -0.25) is 0 Å². The van der Waals surface area contributed by atoms with E-state index >= 15 is 0 Å².